The molecule has 1 unspecified atom stereocenters. The van der Waals surface area contributed by atoms with E-state index in [0.29, 0.717) is 14.2 Å². The summed E-state index contributed by atoms with van der Waals surface area (Å²) in [5.41, 5.74) is 0. The molecule has 2 aliphatic rings. The Kier molecular flexibility index (Phi) is 77.4. The molecule has 0 aromatic rings. The standard InChI is InChI=1S/C20H38O45S10.10K.H2O/c1-50-11(12(51-2)10(59-69(29,30)31)6-55-68(26,27)28)9(58-66(21)22)4-53-20-17(64-74(44,45)46)15(62-72(38,39)40)13(60-70(32,33)34)7(56-20)3-52-19-18(65-75(47,48)49)16(63-73(41,42)43)14(61-71(35,36)37)8(57-19)5-54-67(23,24)25;;;;;;;;;;;/h7-20H,3-6H2,1-2H3,(H,21,22)(H,23,24,25)(H,26,27,28)(H,29,30,31)(H,32,33,34)(H,35,36,37)(H,38,39,40)(H,41,42,43)(H,44,45,46)(H,47,48,49);;;;;;;;;;;1H2/q;10*+1;/p-11/t7-,8-,9-,10-,11-,12-,13-,14-,15+,16+,17-,18-,19-,20-;;;;;;;;;;;/m1.........../s1. The molecule has 0 amide bonds. The van der Waals surface area contributed by atoms with Crippen molar-refractivity contribution in [3.8, 4) is 0 Å². The SMILES string of the molecule is CO[C@@H]([C@H](OC)[C@@H](COS(=O)(=O)[O-])OS(=O)(=O)[O-])[C@@H](CO[C@@H]1O[C@H](CO[C@@H]2O[C@H](COS(=O)(=O)[O-])[C@@H](OS(=O)(=O)[O-])[C@H](OS(=O)(=O)[O-])[C@H]2OS(=O)(=O)[O-])[C@@H](OS(=O)(=O)[O-])[C@H](OS(=O)(=O)[O-])[C@H]1OS(=O)(=O)[O-])OS(=O)[O-].[K+].[K+].[K+].[K+].[K+].[K+].[K+].[K+].[K+].[K+].[OH-]. The first-order valence-electron chi connectivity index (χ1n) is 17.5. The van der Waals surface area contributed by atoms with Crippen molar-refractivity contribution in [2.45, 2.75) is 85.8 Å². The van der Waals surface area contributed by atoms with Crippen LogP contribution in [0.25, 0.3) is 0 Å². The fourth-order valence-corrected chi connectivity index (χ4v) is 10.4. The largest absolute Gasteiger partial charge is 1.00 e. The molecule has 0 radical (unpaired) electrons. The second kappa shape index (κ2) is 54.6. The Bertz CT molecular complexity index is 3020. The second-order valence-electron chi connectivity index (χ2n) is 13.2. The summed E-state index contributed by atoms with van der Waals surface area (Å²) in [6, 6.07) is 0. The molecule has 0 aromatic carbocycles. The van der Waals surface area contributed by atoms with E-state index < -0.39 is 217 Å². The third-order valence-corrected chi connectivity index (χ3v) is 12.7. The van der Waals surface area contributed by atoms with E-state index in [1.165, 1.54) is 0 Å². The van der Waals surface area contributed by atoms with Crippen LogP contribution >= 0.6 is 0 Å². The molecule has 1 N–H and O–H groups in total. The summed E-state index contributed by atoms with van der Waals surface area (Å²) in [6.07, 6.45) is -43.9. The van der Waals surface area contributed by atoms with Crippen molar-refractivity contribution in [3.63, 3.8) is 0 Å². The number of methoxy groups -OCH3 is 2. The third-order valence-electron chi connectivity index (χ3n) is 8.20. The molecule has 0 saturated carbocycles. The Balaban J connectivity index is -0.000000656. The van der Waals surface area contributed by atoms with Gasteiger partial charge < -0.3 is 79.4 Å². The van der Waals surface area contributed by atoms with Crippen molar-refractivity contribution in [3.05, 3.63) is 0 Å². The van der Waals surface area contributed by atoms with E-state index in [1.807, 2.05) is 0 Å². The fourth-order valence-electron chi connectivity index (χ4n) is 6.05. The quantitative estimate of drug-likeness (QED) is 0.0255. The summed E-state index contributed by atoms with van der Waals surface area (Å²) in [6.45, 7) is -7.85. The molecule has 2 fully saturated rings. The topological polar surface area (TPSA) is 733 Å². The molecule has 0 aliphatic carbocycles. The van der Waals surface area contributed by atoms with Gasteiger partial charge >= 0.3 is 514 Å². The van der Waals surface area contributed by atoms with Crippen LogP contribution in [-0.4, -0.2) is 257 Å². The fraction of sp³-hybridized carbons (Fsp3) is 1.00. The molecule has 2 rings (SSSR count). The van der Waals surface area contributed by atoms with Crippen LogP contribution in [0.3, 0.4) is 0 Å². The van der Waals surface area contributed by atoms with Gasteiger partial charge in [-0.3, -0.25) is 41.8 Å². The Morgan fingerprint density at radius 2 is 0.674 bits per heavy atom. The van der Waals surface area contributed by atoms with Crippen molar-refractivity contribution in [2.24, 2.45) is 0 Å². The molecular weight excluding hydrogens is 1690 g/mol. The zero-order valence-electron chi connectivity index (χ0n) is 45.8. The Labute approximate surface area is 919 Å². The molecule has 66 heteroatoms. The van der Waals surface area contributed by atoms with Gasteiger partial charge in [-0.15, -0.1) is 0 Å². The van der Waals surface area contributed by atoms with E-state index >= 15 is 0 Å². The Hall–Kier alpha value is 15.0. The van der Waals surface area contributed by atoms with E-state index in [9.17, 15) is 125 Å². The average Bonchev–Trinajstić information content (AvgIpc) is 3.15. The zero-order valence-corrected chi connectivity index (χ0v) is 85.2. The summed E-state index contributed by atoms with van der Waals surface area (Å²) < 4.78 is 409. The summed E-state index contributed by atoms with van der Waals surface area (Å²) in [5, 5.41) is 0. The average molecular weight is 1720 g/mol. The maximum absolute atomic E-state index is 12.0. The van der Waals surface area contributed by atoms with Gasteiger partial charge in [-0.2, -0.15) is 0 Å². The van der Waals surface area contributed by atoms with Gasteiger partial charge in [-0.25, -0.2) is 80.0 Å². The van der Waals surface area contributed by atoms with Gasteiger partial charge in [0.15, 0.2) is 24.8 Å². The van der Waals surface area contributed by atoms with Gasteiger partial charge in [0.1, 0.15) is 61.0 Å². The Morgan fingerprint density at radius 3 is 0.965 bits per heavy atom. The van der Waals surface area contributed by atoms with Crippen LogP contribution in [0.4, 0.5) is 0 Å². The summed E-state index contributed by atoms with van der Waals surface area (Å²) in [4.78, 5) is 0. The molecular formula is C20H29K10O46S10-. The van der Waals surface area contributed by atoms with E-state index in [0.717, 1.165) is 0 Å². The first kappa shape index (κ1) is 122. The minimum Gasteiger partial charge on any atom is -0.870 e. The Morgan fingerprint density at radius 1 is 0.384 bits per heavy atom. The number of ether oxygens (including phenoxy) is 6. The first-order chi connectivity index (χ1) is 33.5. The molecule has 0 bridgehead atoms. The van der Waals surface area contributed by atoms with Crippen LogP contribution in [0.15, 0.2) is 0 Å². The number of hydrogen-bond acceptors (Lipinski definition) is 46. The van der Waals surface area contributed by atoms with Gasteiger partial charge in [0.2, 0.25) is 93.6 Å². The van der Waals surface area contributed by atoms with Gasteiger partial charge in [-0.05, 0) is 0 Å². The molecule has 2 heterocycles. The monoisotopic (exact) mass is 1710 g/mol. The summed E-state index contributed by atoms with van der Waals surface area (Å²) >= 11 is -3.95. The van der Waals surface area contributed by atoms with Gasteiger partial charge in [0, 0.05) is 14.2 Å². The molecule has 456 valence electrons. The zero-order chi connectivity index (χ0) is 58.3. The van der Waals surface area contributed by atoms with Crippen molar-refractivity contribution in [1.29, 1.82) is 0 Å². The van der Waals surface area contributed by atoms with Crippen LogP contribution in [0.2, 0.25) is 0 Å². The van der Waals surface area contributed by atoms with Gasteiger partial charge in [0.25, 0.3) is 0 Å². The maximum atomic E-state index is 12.0. The van der Waals surface area contributed by atoms with Gasteiger partial charge in [-0.1, -0.05) is 0 Å². The van der Waals surface area contributed by atoms with Crippen molar-refractivity contribution < 1.29 is 715 Å². The van der Waals surface area contributed by atoms with Crippen molar-refractivity contribution >= 4 is 105 Å². The molecule has 2 saturated heterocycles. The van der Waals surface area contributed by atoms with Crippen LogP contribution < -0.4 is 514 Å². The molecule has 2 aliphatic heterocycles. The summed E-state index contributed by atoms with van der Waals surface area (Å²) in [7, 11) is -56.0. The normalized spacial score (nSPS) is 24.7. The van der Waals surface area contributed by atoms with Crippen LogP contribution in [0, 0.1) is 0 Å². The van der Waals surface area contributed by atoms with Gasteiger partial charge in [0.05, 0.1) is 37.8 Å². The van der Waals surface area contributed by atoms with Crippen LogP contribution in [-0.2, 0) is 175 Å². The maximum Gasteiger partial charge on any atom is 1.00 e. The molecule has 86 heavy (non-hydrogen) atoms. The number of rotatable bonds is 33. The van der Waals surface area contributed by atoms with E-state index in [1.54, 1.807) is 0 Å². The minimum absolute atomic E-state index is 0. The van der Waals surface area contributed by atoms with Crippen LogP contribution in [0.1, 0.15) is 0 Å². The molecule has 0 spiro atoms. The van der Waals surface area contributed by atoms with E-state index in [-0.39, 0.29) is 519 Å². The predicted molar refractivity (Wildman–Crippen MR) is 200 cm³/mol. The van der Waals surface area contributed by atoms with E-state index in [4.69, 9.17) is 28.4 Å². The molecule has 46 nitrogen and oxygen atoms in total. The van der Waals surface area contributed by atoms with Crippen LogP contribution in [0.5, 0.6) is 0 Å². The number of hydrogen-bond donors (Lipinski definition) is 0. The first-order valence-corrected chi connectivity index (χ1v) is 30.5. The smallest absolute Gasteiger partial charge is 0.870 e. The second-order valence-corrected chi connectivity index (χ2v) is 23.0. The molecule has 0 aromatic heterocycles. The predicted octanol–water partition coefficient (Wildman–Crippen LogP) is -41.6. The minimum atomic E-state index is -6.59. The molecule has 15 atom stereocenters. The van der Waals surface area contributed by atoms with E-state index in [2.05, 4.69) is 41.8 Å². The van der Waals surface area contributed by atoms with Crippen molar-refractivity contribution in [2.75, 3.05) is 40.6 Å². The summed E-state index contributed by atoms with van der Waals surface area (Å²) in [5.74, 6) is 0. The third kappa shape index (κ3) is 54.6. The van der Waals surface area contributed by atoms with Crippen molar-refractivity contribution in [1.82, 2.24) is 0 Å².